The Morgan fingerprint density at radius 1 is 1.00 bits per heavy atom. The van der Waals surface area contributed by atoms with Crippen LogP contribution in [0, 0.1) is 0 Å². The van der Waals surface area contributed by atoms with Gasteiger partial charge in [-0.2, -0.15) is 0 Å². The third-order valence-electron chi connectivity index (χ3n) is 5.38. The molecule has 1 heterocycles. The van der Waals surface area contributed by atoms with Crippen molar-refractivity contribution >= 4 is 27.7 Å². The van der Waals surface area contributed by atoms with Gasteiger partial charge in [-0.3, -0.25) is 9.59 Å². The molecule has 2 amide bonds. The first-order valence-electron chi connectivity index (χ1n) is 11.4. The van der Waals surface area contributed by atoms with Gasteiger partial charge in [0, 0.05) is 49.5 Å². The van der Waals surface area contributed by atoms with Crippen molar-refractivity contribution in [2.24, 2.45) is 0 Å². The average molecular weight is 506 g/mol. The number of halogens is 1. The van der Waals surface area contributed by atoms with Gasteiger partial charge in [0.25, 0.3) is 0 Å². The molecule has 0 unspecified atom stereocenters. The van der Waals surface area contributed by atoms with Crippen LogP contribution in [0.25, 0.3) is 0 Å². The number of amides is 2. The monoisotopic (exact) mass is 505 g/mol. The minimum absolute atomic E-state index is 0.00644. The minimum Gasteiger partial charge on any atom is -0.383 e. The zero-order valence-electron chi connectivity index (χ0n) is 19.6. The Morgan fingerprint density at radius 3 is 2.41 bits per heavy atom. The summed E-state index contributed by atoms with van der Waals surface area (Å²) in [7, 11) is 1.61. The maximum atomic E-state index is 13.2. The van der Waals surface area contributed by atoms with E-state index in [1.54, 1.807) is 12.0 Å². The zero-order valence-corrected chi connectivity index (χ0v) is 21.1. The van der Waals surface area contributed by atoms with Crippen molar-refractivity contribution < 1.29 is 14.3 Å². The van der Waals surface area contributed by atoms with Gasteiger partial charge in [-0.05, 0) is 42.7 Å². The van der Waals surface area contributed by atoms with Crippen molar-refractivity contribution in [3.05, 3.63) is 58.3 Å². The van der Waals surface area contributed by atoms with Gasteiger partial charge in [0.2, 0.25) is 11.8 Å². The predicted octanol–water partition coefficient (Wildman–Crippen LogP) is 4.70. The Bertz CT molecular complexity index is 835. The highest BCUT2D eigenvalue weighted by Gasteiger charge is 2.21. The predicted molar refractivity (Wildman–Crippen MR) is 131 cm³/mol. The molecule has 0 spiro atoms. The van der Waals surface area contributed by atoms with E-state index in [1.165, 1.54) is 5.56 Å². The van der Waals surface area contributed by atoms with Gasteiger partial charge < -0.3 is 19.1 Å². The molecule has 0 saturated heterocycles. The Balaban J connectivity index is 2.12. The highest BCUT2D eigenvalue weighted by atomic mass is 79.9. The third-order valence-corrected chi connectivity index (χ3v) is 5.91. The van der Waals surface area contributed by atoms with Crippen LogP contribution in [0.2, 0.25) is 0 Å². The molecule has 0 bridgehead atoms. The van der Waals surface area contributed by atoms with E-state index in [0.717, 1.165) is 36.0 Å². The number of nitrogens with zero attached hydrogens (tertiary/aromatic N) is 3. The van der Waals surface area contributed by atoms with Crippen molar-refractivity contribution in [1.29, 1.82) is 0 Å². The molecule has 1 aromatic carbocycles. The molecule has 0 saturated carbocycles. The van der Waals surface area contributed by atoms with E-state index in [2.05, 4.69) is 51.8 Å². The van der Waals surface area contributed by atoms with Crippen LogP contribution in [0.4, 0.5) is 0 Å². The Labute approximate surface area is 200 Å². The molecular formula is C25H36BrN3O3. The van der Waals surface area contributed by atoms with E-state index in [0.29, 0.717) is 32.7 Å². The number of methoxy groups -OCH3 is 1. The fraction of sp³-hybridized carbons (Fsp3) is 0.520. The summed E-state index contributed by atoms with van der Waals surface area (Å²) < 4.78 is 8.38. The van der Waals surface area contributed by atoms with E-state index < -0.39 is 0 Å². The molecule has 32 heavy (non-hydrogen) atoms. The van der Waals surface area contributed by atoms with Gasteiger partial charge in [0.15, 0.2) is 0 Å². The van der Waals surface area contributed by atoms with Crippen molar-refractivity contribution in [3.63, 3.8) is 0 Å². The van der Waals surface area contributed by atoms with Crippen LogP contribution in [0.15, 0.2) is 47.1 Å². The standard InChI is InChI=1S/C25H36BrN3O3/c1-4-6-14-28(25(31)20-29(16-17-32-3)24(30)8-5-2)19-23-9-7-15-27(23)18-21-10-12-22(26)13-11-21/h7,9-13,15H,4-6,8,14,16-20H2,1-3H3. The lowest BCUT2D eigenvalue weighted by molar-refractivity contribution is -0.141. The van der Waals surface area contributed by atoms with E-state index in [9.17, 15) is 9.59 Å². The molecule has 0 fully saturated rings. The summed E-state index contributed by atoms with van der Waals surface area (Å²) in [5.74, 6) is -0.0117. The number of hydrogen-bond acceptors (Lipinski definition) is 3. The van der Waals surface area contributed by atoms with Gasteiger partial charge in [-0.1, -0.05) is 48.3 Å². The van der Waals surface area contributed by atoms with Crippen molar-refractivity contribution in [2.45, 2.75) is 52.6 Å². The van der Waals surface area contributed by atoms with Crippen LogP contribution in [-0.2, 0) is 27.4 Å². The maximum Gasteiger partial charge on any atom is 0.242 e. The topological polar surface area (TPSA) is 54.8 Å². The quantitative estimate of drug-likeness (QED) is 0.373. The lowest BCUT2D eigenvalue weighted by atomic mass is 10.2. The molecule has 2 rings (SSSR count). The highest BCUT2D eigenvalue weighted by molar-refractivity contribution is 9.10. The second kappa shape index (κ2) is 14.1. The second-order valence-electron chi connectivity index (χ2n) is 7.98. The van der Waals surface area contributed by atoms with Crippen LogP contribution < -0.4 is 0 Å². The van der Waals surface area contributed by atoms with Crippen LogP contribution in [0.5, 0.6) is 0 Å². The van der Waals surface area contributed by atoms with Crippen LogP contribution in [-0.4, -0.2) is 59.5 Å². The summed E-state index contributed by atoms with van der Waals surface area (Å²) in [5.41, 5.74) is 2.29. The van der Waals surface area contributed by atoms with Gasteiger partial charge in [0.05, 0.1) is 19.7 Å². The van der Waals surface area contributed by atoms with Gasteiger partial charge in [-0.15, -0.1) is 0 Å². The Kier molecular flexibility index (Phi) is 11.5. The summed E-state index contributed by atoms with van der Waals surface area (Å²) in [4.78, 5) is 29.3. The molecule has 0 aliphatic heterocycles. The smallest absolute Gasteiger partial charge is 0.242 e. The van der Waals surface area contributed by atoms with E-state index in [4.69, 9.17) is 4.74 Å². The molecule has 176 valence electrons. The Hall–Kier alpha value is -2.12. The van der Waals surface area contributed by atoms with E-state index in [1.807, 2.05) is 30.0 Å². The largest absolute Gasteiger partial charge is 0.383 e. The minimum atomic E-state index is -0.0182. The van der Waals surface area contributed by atoms with Crippen molar-refractivity contribution in [3.8, 4) is 0 Å². The molecule has 6 nitrogen and oxygen atoms in total. The summed E-state index contributed by atoms with van der Waals surface area (Å²) >= 11 is 3.48. The number of unbranched alkanes of at least 4 members (excludes halogenated alkanes) is 1. The number of carbonyl (C=O) groups is 2. The van der Waals surface area contributed by atoms with Crippen LogP contribution >= 0.6 is 15.9 Å². The number of carbonyl (C=O) groups excluding carboxylic acids is 2. The fourth-order valence-corrected chi connectivity index (χ4v) is 3.76. The molecule has 1 aromatic heterocycles. The Morgan fingerprint density at radius 2 is 1.75 bits per heavy atom. The first kappa shape index (κ1) is 26.1. The lowest BCUT2D eigenvalue weighted by Gasteiger charge is -2.28. The summed E-state index contributed by atoms with van der Waals surface area (Å²) in [5, 5.41) is 0. The van der Waals surface area contributed by atoms with Gasteiger partial charge in [0.1, 0.15) is 0 Å². The van der Waals surface area contributed by atoms with Crippen LogP contribution in [0.1, 0.15) is 50.8 Å². The molecule has 0 aliphatic rings. The lowest BCUT2D eigenvalue weighted by Crippen LogP contribution is -2.44. The normalized spacial score (nSPS) is 10.9. The average Bonchev–Trinajstić information content (AvgIpc) is 3.22. The van der Waals surface area contributed by atoms with Crippen molar-refractivity contribution in [2.75, 3.05) is 33.4 Å². The summed E-state index contributed by atoms with van der Waals surface area (Å²) in [6, 6.07) is 12.4. The summed E-state index contributed by atoms with van der Waals surface area (Å²) in [6.07, 6.45) is 5.20. The van der Waals surface area contributed by atoms with Crippen molar-refractivity contribution in [1.82, 2.24) is 14.4 Å². The first-order chi connectivity index (χ1) is 15.5. The maximum absolute atomic E-state index is 13.2. The molecule has 0 atom stereocenters. The second-order valence-corrected chi connectivity index (χ2v) is 8.90. The molecule has 0 N–H and O–H groups in total. The number of ether oxygens (including phenoxy) is 1. The molecule has 2 aromatic rings. The van der Waals surface area contributed by atoms with Gasteiger partial charge in [-0.25, -0.2) is 0 Å². The first-order valence-corrected chi connectivity index (χ1v) is 12.2. The molecule has 7 heteroatoms. The number of benzene rings is 1. The number of rotatable bonds is 14. The number of hydrogen-bond donors (Lipinski definition) is 0. The SMILES string of the molecule is CCCCN(Cc1cccn1Cc1ccc(Br)cc1)C(=O)CN(CCOC)C(=O)CCC. The highest BCUT2D eigenvalue weighted by Crippen LogP contribution is 2.15. The molecule has 0 radical (unpaired) electrons. The number of aromatic nitrogens is 1. The van der Waals surface area contributed by atoms with E-state index >= 15 is 0 Å². The molecule has 0 aliphatic carbocycles. The fourth-order valence-electron chi connectivity index (χ4n) is 3.50. The third kappa shape index (κ3) is 8.43. The molecular weight excluding hydrogens is 470 g/mol. The zero-order chi connectivity index (χ0) is 23.3. The van der Waals surface area contributed by atoms with Gasteiger partial charge >= 0.3 is 0 Å². The van der Waals surface area contributed by atoms with Crippen LogP contribution in [0.3, 0.4) is 0 Å². The van der Waals surface area contributed by atoms with E-state index in [-0.39, 0.29) is 18.4 Å². The summed E-state index contributed by atoms with van der Waals surface area (Å²) in [6.45, 7) is 7.01.